The summed E-state index contributed by atoms with van der Waals surface area (Å²) in [5.41, 5.74) is 1.65. The summed E-state index contributed by atoms with van der Waals surface area (Å²) in [4.78, 5) is 11.9. The van der Waals surface area contributed by atoms with E-state index in [1.54, 1.807) is 12.1 Å². The maximum absolute atomic E-state index is 11.9. The van der Waals surface area contributed by atoms with E-state index in [0.29, 0.717) is 23.8 Å². The second kappa shape index (κ2) is 8.44. The Balaban J connectivity index is 0.00000220. The summed E-state index contributed by atoms with van der Waals surface area (Å²) in [6.45, 7) is 3.83. The first-order valence-electron chi connectivity index (χ1n) is 6.76. The number of nitrogens with one attached hydrogen (secondary N) is 3. The largest absolute Gasteiger partial charge is 0.391 e. The molecule has 1 aromatic carbocycles. The molecule has 0 bridgehead atoms. The molecule has 1 aromatic rings. The predicted molar refractivity (Wildman–Crippen MR) is 87.4 cm³/mol. The lowest BCUT2D eigenvalue weighted by Gasteiger charge is -2.28. The van der Waals surface area contributed by atoms with Crippen molar-refractivity contribution in [2.75, 3.05) is 25.0 Å². The van der Waals surface area contributed by atoms with Gasteiger partial charge in [0, 0.05) is 29.7 Å². The van der Waals surface area contributed by atoms with E-state index < -0.39 is 6.10 Å². The van der Waals surface area contributed by atoms with Crippen LogP contribution in [0, 0.1) is 12.8 Å². The number of urea groups is 1. The summed E-state index contributed by atoms with van der Waals surface area (Å²) in [6.07, 6.45) is 0.453. The van der Waals surface area contributed by atoms with Crippen LogP contribution in [0.1, 0.15) is 12.0 Å². The summed E-state index contributed by atoms with van der Waals surface area (Å²) in [5.74, 6) is 0.0995. The first-order chi connectivity index (χ1) is 9.56. The summed E-state index contributed by atoms with van der Waals surface area (Å²) < 4.78 is 0. The Morgan fingerprint density at radius 2 is 2.29 bits per heavy atom. The lowest BCUT2D eigenvalue weighted by molar-refractivity contribution is 0.0830. The van der Waals surface area contributed by atoms with Gasteiger partial charge in [-0.15, -0.1) is 12.4 Å². The number of hydrogen-bond acceptors (Lipinski definition) is 3. The molecule has 1 fully saturated rings. The van der Waals surface area contributed by atoms with Gasteiger partial charge in [0.2, 0.25) is 0 Å². The number of rotatable bonds is 3. The molecule has 0 spiro atoms. The van der Waals surface area contributed by atoms with Gasteiger partial charge in [0.15, 0.2) is 0 Å². The van der Waals surface area contributed by atoms with Crippen LogP contribution in [0.15, 0.2) is 18.2 Å². The summed E-state index contributed by atoms with van der Waals surface area (Å²) in [6, 6.07) is 5.08. The molecule has 5 nitrogen and oxygen atoms in total. The zero-order chi connectivity index (χ0) is 14.5. The second-order valence-corrected chi connectivity index (χ2v) is 5.55. The second-order valence-electron chi connectivity index (χ2n) is 5.11. The Hall–Kier alpha value is -1.01. The van der Waals surface area contributed by atoms with Gasteiger partial charge in [-0.25, -0.2) is 4.79 Å². The van der Waals surface area contributed by atoms with E-state index >= 15 is 0 Å². The molecule has 1 aliphatic rings. The number of aryl methyl sites for hydroxylation is 1. The van der Waals surface area contributed by atoms with Crippen LogP contribution in [0.25, 0.3) is 0 Å². The zero-order valence-electron chi connectivity index (χ0n) is 11.9. The van der Waals surface area contributed by atoms with E-state index in [-0.39, 0.29) is 24.4 Å². The van der Waals surface area contributed by atoms with Crippen LogP contribution in [0.2, 0.25) is 5.02 Å². The van der Waals surface area contributed by atoms with Crippen LogP contribution in [-0.2, 0) is 0 Å². The highest BCUT2D eigenvalue weighted by atomic mass is 35.5. The maximum Gasteiger partial charge on any atom is 0.319 e. The van der Waals surface area contributed by atoms with Gasteiger partial charge < -0.3 is 21.1 Å². The number of halogens is 2. The Kier molecular flexibility index (Phi) is 7.25. The fourth-order valence-electron chi connectivity index (χ4n) is 2.25. The molecule has 1 aliphatic heterocycles. The molecule has 1 heterocycles. The van der Waals surface area contributed by atoms with E-state index in [9.17, 15) is 9.90 Å². The topological polar surface area (TPSA) is 73.4 Å². The Bertz CT molecular complexity index is 485. The minimum atomic E-state index is -0.406. The van der Waals surface area contributed by atoms with Gasteiger partial charge in [-0.3, -0.25) is 0 Å². The number of aliphatic hydroxyl groups excluding tert-OH is 1. The van der Waals surface area contributed by atoms with Gasteiger partial charge in [0.25, 0.3) is 0 Å². The van der Waals surface area contributed by atoms with Crippen LogP contribution in [0.5, 0.6) is 0 Å². The molecular weight excluding hydrogens is 313 g/mol. The molecular formula is C14H21Cl2N3O2. The number of β-amino-alcohol motifs (C(OH)–C–C–N with tert-alkyl or cyclic N) is 1. The molecule has 2 atom stereocenters. The zero-order valence-corrected chi connectivity index (χ0v) is 13.4. The van der Waals surface area contributed by atoms with Crippen molar-refractivity contribution in [3.63, 3.8) is 0 Å². The monoisotopic (exact) mass is 333 g/mol. The van der Waals surface area contributed by atoms with Crippen molar-refractivity contribution in [1.82, 2.24) is 10.6 Å². The quantitative estimate of drug-likeness (QED) is 0.684. The molecule has 0 aliphatic carbocycles. The molecule has 7 heteroatoms. The van der Waals surface area contributed by atoms with Gasteiger partial charge >= 0.3 is 6.03 Å². The maximum atomic E-state index is 11.9. The molecule has 2 amide bonds. The van der Waals surface area contributed by atoms with Crippen molar-refractivity contribution in [2.45, 2.75) is 19.4 Å². The van der Waals surface area contributed by atoms with Crippen molar-refractivity contribution in [3.05, 3.63) is 28.8 Å². The van der Waals surface area contributed by atoms with Crippen LogP contribution < -0.4 is 16.0 Å². The lowest BCUT2D eigenvalue weighted by Crippen LogP contribution is -2.46. The van der Waals surface area contributed by atoms with Gasteiger partial charge in [0.1, 0.15) is 0 Å². The number of hydrogen-bond donors (Lipinski definition) is 4. The smallest absolute Gasteiger partial charge is 0.319 e. The number of carbonyl (C=O) groups is 1. The SMILES string of the molecule is Cc1ccc(Cl)cc1NC(=O)NC[C@@H]1CCNC[C@H]1O.Cl. The average molecular weight is 334 g/mol. The first kappa shape index (κ1) is 18.0. The van der Waals surface area contributed by atoms with Crippen molar-refractivity contribution in [2.24, 2.45) is 5.92 Å². The Morgan fingerprint density at radius 1 is 1.52 bits per heavy atom. The minimum Gasteiger partial charge on any atom is -0.391 e. The van der Waals surface area contributed by atoms with Crippen LogP contribution in [0.3, 0.4) is 0 Å². The van der Waals surface area contributed by atoms with E-state index in [1.165, 1.54) is 0 Å². The van der Waals surface area contributed by atoms with Crippen molar-refractivity contribution in [3.8, 4) is 0 Å². The average Bonchev–Trinajstić information content (AvgIpc) is 2.42. The molecule has 4 N–H and O–H groups in total. The van der Waals surface area contributed by atoms with Gasteiger partial charge in [-0.1, -0.05) is 17.7 Å². The molecule has 1 saturated heterocycles. The third-order valence-corrected chi connectivity index (χ3v) is 3.80. The Morgan fingerprint density at radius 3 is 3.00 bits per heavy atom. The highest BCUT2D eigenvalue weighted by Crippen LogP contribution is 2.20. The number of benzene rings is 1. The number of aliphatic hydroxyl groups is 1. The van der Waals surface area contributed by atoms with Gasteiger partial charge in [-0.2, -0.15) is 0 Å². The van der Waals surface area contributed by atoms with E-state index in [4.69, 9.17) is 11.6 Å². The molecule has 0 saturated carbocycles. The fourth-order valence-corrected chi connectivity index (χ4v) is 2.43. The molecule has 0 radical (unpaired) electrons. The van der Waals surface area contributed by atoms with Crippen LogP contribution >= 0.6 is 24.0 Å². The van der Waals surface area contributed by atoms with Crippen molar-refractivity contribution in [1.29, 1.82) is 0 Å². The summed E-state index contributed by atoms with van der Waals surface area (Å²) in [5, 5.41) is 19.1. The number of piperidine rings is 1. The number of amides is 2. The summed E-state index contributed by atoms with van der Waals surface area (Å²) in [7, 11) is 0. The lowest BCUT2D eigenvalue weighted by atomic mass is 9.95. The van der Waals surface area contributed by atoms with Gasteiger partial charge in [-0.05, 0) is 37.6 Å². The summed E-state index contributed by atoms with van der Waals surface area (Å²) >= 11 is 5.91. The van der Waals surface area contributed by atoms with Crippen molar-refractivity contribution >= 4 is 35.7 Å². The highest BCUT2D eigenvalue weighted by molar-refractivity contribution is 6.31. The standard InChI is InChI=1S/C14H20ClN3O2.ClH/c1-9-2-3-11(15)6-12(9)18-14(20)17-7-10-4-5-16-8-13(10)19;/h2-3,6,10,13,16,19H,4-5,7-8H2,1H3,(H2,17,18,20);1H/t10-,13+;/m0./s1. The third-order valence-electron chi connectivity index (χ3n) is 3.56. The minimum absolute atomic E-state index is 0. The molecule has 0 aromatic heterocycles. The van der Waals surface area contributed by atoms with Crippen LogP contribution in [0.4, 0.5) is 10.5 Å². The molecule has 0 unspecified atom stereocenters. The highest BCUT2D eigenvalue weighted by Gasteiger charge is 2.23. The van der Waals surface area contributed by atoms with E-state index in [1.807, 2.05) is 13.0 Å². The van der Waals surface area contributed by atoms with E-state index in [2.05, 4.69) is 16.0 Å². The first-order valence-corrected chi connectivity index (χ1v) is 7.14. The van der Waals surface area contributed by atoms with Gasteiger partial charge in [0.05, 0.1) is 6.10 Å². The molecule has 21 heavy (non-hydrogen) atoms. The number of anilines is 1. The normalized spacial score (nSPS) is 21.3. The van der Waals surface area contributed by atoms with Crippen LogP contribution in [-0.4, -0.2) is 36.9 Å². The van der Waals surface area contributed by atoms with E-state index in [0.717, 1.165) is 18.5 Å². The fraction of sp³-hybridized carbons (Fsp3) is 0.500. The third kappa shape index (κ3) is 5.36. The Labute approximate surface area is 135 Å². The predicted octanol–water partition coefficient (Wildman–Crippen LogP) is 2.16. The molecule has 2 rings (SSSR count). The molecule has 118 valence electrons. The van der Waals surface area contributed by atoms with Crippen molar-refractivity contribution < 1.29 is 9.90 Å². The number of carbonyl (C=O) groups excluding carboxylic acids is 1.